The predicted molar refractivity (Wildman–Crippen MR) is 182 cm³/mol. The van der Waals surface area contributed by atoms with Crippen molar-refractivity contribution in [2.24, 2.45) is 5.41 Å². The summed E-state index contributed by atoms with van der Waals surface area (Å²) in [7, 11) is -1.50. The van der Waals surface area contributed by atoms with E-state index >= 15 is 0 Å². The fraction of sp³-hybridized carbons (Fsp3) is 0.289. The molecule has 44 heavy (non-hydrogen) atoms. The van der Waals surface area contributed by atoms with Gasteiger partial charge in [0.1, 0.15) is 0 Å². The van der Waals surface area contributed by atoms with Gasteiger partial charge in [-0.15, -0.1) is 54.1 Å². The van der Waals surface area contributed by atoms with Gasteiger partial charge in [-0.3, -0.25) is 0 Å². The summed E-state index contributed by atoms with van der Waals surface area (Å²) in [5.74, 6) is -0.609. The topological polar surface area (TPSA) is 51.8 Å². The van der Waals surface area contributed by atoms with Gasteiger partial charge in [0.15, 0.2) is 0 Å². The summed E-state index contributed by atoms with van der Waals surface area (Å²) >= 11 is 0. The van der Waals surface area contributed by atoms with Crippen LogP contribution in [0.2, 0.25) is 19.6 Å². The van der Waals surface area contributed by atoms with E-state index in [-0.39, 0.29) is 20.1 Å². The normalized spacial score (nSPS) is 13.3. The molecule has 6 heteroatoms. The first kappa shape index (κ1) is 29.3. The molecule has 4 heterocycles. The molecule has 1 radical (unpaired) electrons. The van der Waals surface area contributed by atoms with Crippen molar-refractivity contribution < 1.29 is 28.6 Å². The minimum Gasteiger partial charge on any atom is -0.486 e. The van der Waals surface area contributed by atoms with Crippen LogP contribution in [0.15, 0.2) is 89.7 Å². The molecule has 4 aromatic heterocycles. The third-order valence-electron chi connectivity index (χ3n) is 6.98. The first-order valence-corrected chi connectivity index (χ1v) is 18.1. The maximum Gasteiger partial charge on any atom is 0.216 e. The number of hydrogen-bond acceptors (Lipinski definition) is 4. The van der Waals surface area contributed by atoms with Gasteiger partial charge in [0, 0.05) is 48.2 Å². The number of furan rings is 1. The van der Waals surface area contributed by atoms with Crippen LogP contribution >= 0.6 is 0 Å². The van der Waals surface area contributed by atoms with E-state index in [1.807, 2.05) is 89.3 Å². The Labute approximate surface area is 281 Å². The van der Waals surface area contributed by atoms with Crippen molar-refractivity contribution in [1.82, 2.24) is 15.0 Å². The van der Waals surface area contributed by atoms with Crippen LogP contribution in [-0.4, -0.2) is 23.0 Å². The van der Waals surface area contributed by atoms with Gasteiger partial charge in [0.2, 0.25) is 5.71 Å². The Morgan fingerprint density at radius 1 is 0.886 bits per heavy atom. The first-order chi connectivity index (χ1) is 21.5. The quantitative estimate of drug-likeness (QED) is 0.129. The van der Waals surface area contributed by atoms with E-state index in [2.05, 4.69) is 52.8 Å². The van der Waals surface area contributed by atoms with Gasteiger partial charge in [-0.2, -0.15) is 0 Å². The molecule has 0 bridgehead atoms. The zero-order valence-corrected chi connectivity index (χ0v) is 30.1. The second-order valence-electron chi connectivity index (χ2n) is 13.0. The van der Waals surface area contributed by atoms with Crippen molar-refractivity contribution in [3.05, 3.63) is 109 Å². The molecule has 0 N–H and O–H groups in total. The molecule has 0 saturated heterocycles. The zero-order valence-electron chi connectivity index (χ0n) is 29.7. The van der Waals surface area contributed by atoms with E-state index in [9.17, 15) is 0 Å². The average molecular weight is 779 g/mol. The largest absolute Gasteiger partial charge is 0.486 e. The van der Waals surface area contributed by atoms with Crippen molar-refractivity contribution >= 4 is 35.3 Å². The molecule has 4 nitrogen and oxygen atoms in total. The minimum atomic E-state index is -1.50. The minimum absolute atomic E-state index is 0. The Balaban J connectivity index is 0.000000216. The van der Waals surface area contributed by atoms with Crippen molar-refractivity contribution in [3.8, 4) is 22.5 Å². The number of fused-ring (bicyclic) bond motifs is 3. The Morgan fingerprint density at radius 3 is 2.36 bits per heavy atom. The maximum absolute atomic E-state index is 8.52. The molecule has 0 atom stereocenters. The molecule has 0 unspecified atom stereocenters. The van der Waals surface area contributed by atoms with Gasteiger partial charge in [-0.1, -0.05) is 88.5 Å². The van der Waals surface area contributed by atoms with E-state index in [1.165, 1.54) is 5.19 Å². The molecule has 0 fully saturated rings. The molecule has 6 aromatic rings. The fourth-order valence-corrected chi connectivity index (χ4v) is 6.59. The third kappa shape index (κ3) is 7.79. The van der Waals surface area contributed by atoms with E-state index < -0.39 is 25.8 Å². The summed E-state index contributed by atoms with van der Waals surface area (Å²) in [6.45, 7) is 16.5. The van der Waals surface area contributed by atoms with Crippen LogP contribution in [0.5, 0.6) is 0 Å². The Kier molecular flexibility index (Phi) is 9.10. The van der Waals surface area contributed by atoms with Gasteiger partial charge in [0.25, 0.3) is 0 Å². The Morgan fingerprint density at radius 2 is 1.68 bits per heavy atom. The van der Waals surface area contributed by atoms with Gasteiger partial charge in [-0.05, 0) is 52.5 Å². The number of hydrogen-bond donors (Lipinski definition) is 0. The molecule has 0 saturated carbocycles. The summed E-state index contributed by atoms with van der Waals surface area (Å²) in [6, 6.07) is 27.5. The van der Waals surface area contributed by atoms with Crippen LogP contribution in [0.4, 0.5) is 0 Å². The Hall–Kier alpha value is -3.44. The number of nitrogens with zero attached hydrogens (tertiary/aromatic N) is 3. The van der Waals surface area contributed by atoms with Crippen LogP contribution in [-0.2, 0) is 26.5 Å². The fourth-order valence-electron chi connectivity index (χ4n) is 5.01. The van der Waals surface area contributed by atoms with E-state index in [0.717, 1.165) is 27.6 Å². The van der Waals surface area contributed by atoms with E-state index in [4.69, 9.17) is 8.53 Å². The second kappa shape index (κ2) is 13.7. The molecule has 229 valence electrons. The maximum atomic E-state index is 8.52. The van der Waals surface area contributed by atoms with Crippen molar-refractivity contribution in [1.29, 1.82) is 0 Å². The molecule has 2 aromatic carbocycles. The van der Waals surface area contributed by atoms with Crippen molar-refractivity contribution in [3.63, 3.8) is 0 Å². The summed E-state index contributed by atoms with van der Waals surface area (Å²) in [6.07, 6.45) is 3.83. The van der Waals surface area contributed by atoms with Crippen molar-refractivity contribution in [2.45, 2.75) is 66.5 Å². The summed E-state index contributed by atoms with van der Waals surface area (Å²) in [5.41, 5.74) is 5.64. The van der Waals surface area contributed by atoms with Crippen molar-refractivity contribution in [2.75, 3.05) is 0 Å². The van der Waals surface area contributed by atoms with Gasteiger partial charge in [0.05, 0.1) is 13.7 Å². The summed E-state index contributed by atoms with van der Waals surface area (Å²) in [4.78, 5) is 13.3. The van der Waals surface area contributed by atoms with Gasteiger partial charge in [-0.25, -0.2) is 4.98 Å². The monoisotopic (exact) mass is 779 g/mol. The zero-order chi connectivity index (χ0) is 33.5. The Bertz CT molecular complexity index is 1990. The number of aromatic nitrogens is 3. The molecular formula is C38H41IrN3OSi-2. The first-order valence-electron chi connectivity index (χ1n) is 16.1. The van der Waals surface area contributed by atoms with Gasteiger partial charge >= 0.3 is 0 Å². The number of pyridine rings is 3. The SMILES string of the molecule is [2H]C(C)(C)c1cc(-c2[c-]cccc2)ncc1[Si](C)(C)C.[2H]C([2H])(c1ccnc(-c2[c-]ccc3c2oc2ncccc23)c1)C(C)(C)C.[Ir]. The van der Waals surface area contributed by atoms with Crippen LogP contribution < -0.4 is 5.19 Å². The number of rotatable bonds is 5. The number of benzene rings is 2. The standard InChI is InChI=1S/C21H19N2O.C17H22NSi.Ir/c1-21(2,3)13-14-9-11-22-18(12-14)17-7-4-6-15-16-8-5-10-23-20(16)24-19(15)17;1-13(2)15-11-16(14-9-7-6-8-10-14)18-12-17(15)19(3,4)5;/h4-6,8-12H,13H2,1-3H3;6-9,11-13H,1-5H3;/q2*-1;/i13D2;13D;. The predicted octanol–water partition coefficient (Wildman–Crippen LogP) is 9.65. The third-order valence-corrected chi connectivity index (χ3v) is 8.99. The van der Waals surface area contributed by atoms with E-state index in [1.54, 1.807) is 24.5 Å². The molecule has 0 spiro atoms. The molecule has 6 rings (SSSR count). The van der Waals surface area contributed by atoms with Crippen LogP contribution in [0.1, 0.15) is 55.8 Å². The summed E-state index contributed by atoms with van der Waals surface area (Å²) in [5, 5.41) is 3.17. The smallest absolute Gasteiger partial charge is 0.216 e. The molecule has 0 aliphatic carbocycles. The second-order valence-corrected chi connectivity index (χ2v) is 18.0. The molecule has 0 aliphatic heterocycles. The van der Waals surface area contributed by atoms with Crippen LogP contribution in [0.3, 0.4) is 0 Å². The van der Waals surface area contributed by atoms with E-state index in [0.29, 0.717) is 28.1 Å². The summed E-state index contributed by atoms with van der Waals surface area (Å²) < 4.78 is 31.4. The average Bonchev–Trinajstić information content (AvgIpc) is 3.39. The van der Waals surface area contributed by atoms with Gasteiger partial charge < -0.3 is 14.4 Å². The molecule has 0 aliphatic rings. The molecule has 0 amide bonds. The molecular weight excluding hydrogens is 735 g/mol. The van der Waals surface area contributed by atoms with Crippen LogP contribution in [0, 0.1) is 17.5 Å². The van der Waals surface area contributed by atoms with Crippen LogP contribution in [0.25, 0.3) is 44.6 Å².